The van der Waals surface area contributed by atoms with Gasteiger partial charge in [0, 0.05) is 20.2 Å². The number of ether oxygens (including phenoxy) is 1. The van der Waals surface area contributed by atoms with Crippen molar-refractivity contribution in [3.63, 3.8) is 0 Å². The summed E-state index contributed by atoms with van der Waals surface area (Å²) in [5, 5.41) is 3.91. The van der Waals surface area contributed by atoms with E-state index in [0.717, 1.165) is 11.1 Å². The highest BCUT2D eigenvalue weighted by molar-refractivity contribution is 7.89. The van der Waals surface area contributed by atoms with Gasteiger partial charge in [-0.1, -0.05) is 17.7 Å². The van der Waals surface area contributed by atoms with Crippen LogP contribution in [0.25, 0.3) is 0 Å². The zero-order chi connectivity index (χ0) is 15.3. The molecule has 0 unspecified atom stereocenters. The van der Waals surface area contributed by atoms with E-state index >= 15 is 0 Å². The van der Waals surface area contributed by atoms with E-state index < -0.39 is 10.0 Å². The van der Waals surface area contributed by atoms with Crippen LogP contribution in [0.2, 0.25) is 0 Å². The second-order valence-electron chi connectivity index (χ2n) is 4.78. The van der Waals surface area contributed by atoms with Gasteiger partial charge >= 0.3 is 0 Å². The van der Waals surface area contributed by atoms with E-state index in [0.29, 0.717) is 24.6 Å². The fourth-order valence-corrected chi connectivity index (χ4v) is 3.99. The van der Waals surface area contributed by atoms with Gasteiger partial charge in [-0.2, -0.15) is 15.6 Å². The average molecular weight is 325 g/mol. The Kier molecular flexibility index (Phi) is 5.52. The van der Waals surface area contributed by atoms with Crippen LogP contribution in [0.1, 0.15) is 11.1 Å². The van der Waals surface area contributed by atoms with Gasteiger partial charge in [0.25, 0.3) is 0 Å². The first-order valence-electron chi connectivity index (χ1n) is 6.61. The molecule has 1 heterocycles. The number of hydrogen-bond donors (Lipinski definition) is 0. The van der Waals surface area contributed by atoms with Crippen LogP contribution >= 0.6 is 11.3 Å². The number of thiophene rings is 1. The van der Waals surface area contributed by atoms with Gasteiger partial charge in [0.05, 0.1) is 11.5 Å². The van der Waals surface area contributed by atoms with Crippen LogP contribution in [0.4, 0.5) is 0 Å². The molecule has 6 heteroatoms. The predicted molar refractivity (Wildman–Crippen MR) is 85.0 cm³/mol. The molecule has 0 aliphatic carbocycles. The summed E-state index contributed by atoms with van der Waals surface area (Å²) in [6.45, 7) is 3.01. The normalized spacial score (nSPS) is 12.0. The Morgan fingerprint density at radius 3 is 2.48 bits per heavy atom. The van der Waals surface area contributed by atoms with Gasteiger partial charge in [-0.15, -0.1) is 0 Å². The second-order valence-corrected chi connectivity index (χ2v) is 7.49. The van der Waals surface area contributed by atoms with E-state index in [9.17, 15) is 8.42 Å². The molecule has 2 rings (SSSR count). The van der Waals surface area contributed by atoms with Crippen LogP contribution < -0.4 is 0 Å². The van der Waals surface area contributed by atoms with E-state index in [1.54, 1.807) is 30.6 Å². The molecule has 0 bridgehead atoms. The standard InChI is InChI=1S/C15H19NO3S2/c1-13-3-5-15(6-4-13)21(17,18)16(8-9-19-2)11-14-7-10-20-12-14/h3-7,10,12H,8-9,11H2,1-2H3. The summed E-state index contributed by atoms with van der Waals surface area (Å²) in [6, 6.07) is 8.86. The molecule has 0 spiro atoms. The molecule has 4 nitrogen and oxygen atoms in total. The summed E-state index contributed by atoms with van der Waals surface area (Å²) in [4.78, 5) is 0.319. The first-order valence-corrected chi connectivity index (χ1v) is 8.99. The Hall–Kier alpha value is -1.21. The van der Waals surface area contributed by atoms with E-state index in [2.05, 4.69) is 0 Å². The molecule has 21 heavy (non-hydrogen) atoms. The molecule has 0 amide bonds. The summed E-state index contributed by atoms with van der Waals surface area (Å²) < 4.78 is 32.0. The minimum absolute atomic E-state index is 0.319. The van der Waals surface area contributed by atoms with Crippen LogP contribution in [0, 0.1) is 6.92 Å². The Morgan fingerprint density at radius 1 is 1.19 bits per heavy atom. The van der Waals surface area contributed by atoms with Crippen molar-refractivity contribution in [3.05, 3.63) is 52.2 Å². The van der Waals surface area contributed by atoms with E-state index in [-0.39, 0.29) is 0 Å². The molecular weight excluding hydrogens is 306 g/mol. The SMILES string of the molecule is COCCN(Cc1ccsc1)S(=O)(=O)c1ccc(C)cc1. The van der Waals surface area contributed by atoms with E-state index in [1.807, 2.05) is 35.9 Å². The van der Waals surface area contributed by atoms with Crippen LogP contribution in [0.3, 0.4) is 0 Å². The highest BCUT2D eigenvalue weighted by atomic mass is 32.2. The number of benzene rings is 1. The van der Waals surface area contributed by atoms with Crippen molar-refractivity contribution in [2.45, 2.75) is 18.4 Å². The molecule has 0 saturated carbocycles. The third-order valence-corrected chi connectivity index (χ3v) is 5.73. The molecule has 1 aromatic carbocycles. The van der Waals surface area contributed by atoms with Crippen LogP contribution in [-0.2, 0) is 21.3 Å². The van der Waals surface area contributed by atoms with Crippen molar-refractivity contribution < 1.29 is 13.2 Å². The number of rotatable bonds is 7. The third-order valence-electron chi connectivity index (χ3n) is 3.14. The molecule has 1 aromatic heterocycles. The molecular formula is C15H19NO3S2. The number of sulfonamides is 1. The summed E-state index contributed by atoms with van der Waals surface area (Å²) in [5.74, 6) is 0. The molecule has 0 fully saturated rings. The van der Waals surface area contributed by atoms with E-state index in [1.165, 1.54) is 4.31 Å². The van der Waals surface area contributed by atoms with E-state index in [4.69, 9.17) is 4.74 Å². The molecule has 2 aromatic rings. The summed E-state index contributed by atoms with van der Waals surface area (Å²) in [6.07, 6.45) is 0. The zero-order valence-electron chi connectivity index (χ0n) is 12.2. The first-order chi connectivity index (χ1) is 10.0. The minimum Gasteiger partial charge on any atom is -0.383 e. The number of nitrogens with zero attached hydrogens (tertiary/aromatic N) is 1. The predicted octanol–water partition coefficient (Wildman–Crippen LogP) is 2.89. The quantitative estimate of drug-likeness (QED) is 0.786. The lowest BCUT2D eigenvalue weighted by molar-refractivity contribution is 0.177. The number of methoxy groups -OCH3 is 1. The van der Waals surface area contributed by atoms with Gasteiger partial charge in [0.2, 0.25) is 10.0 Å². The molecule has 0 saturated heterocycles. The first kappa shape index (κ1) is 16.2. The van der Waals surface area contributed by atoms with Crippen LogP contribution in [0.5, 0.6) is 0 Å². The van der Waals surface area contributed by atoms with Gasteiger partial charge in [-0.25, -0.2) is 8.42 Å². The second kappa shape index (κ2) is 7.17. The fraction of sp³-hybridized carbons (Fsp3) is 0.333. The van der Waals surface area contributed by atoms with Crippen molar-refractivity contribution in [2.75, 3.05) is 20.3 Å². The third kappa shape index (κ3) is 4.14. The highest BCUT2D eigenvalue weighted by Gasteiger charge is 2.24. The van der Waals surface area contributed by atoms with Crippen molar-refractivity contribution in [1.82, 2.24) is 4.31 Å². The van der Waals surface area contributed by atoms with Crippen molar-refractivity contribution in [3.8, 4) is 0 Å². The largest absolute Gasteiger partial charge is 0.383 e. The maximum absolute atomic E-state index is 12.7. The molecule has 0 aliphatic rings. The lowest BCUT2D eigenvalue weighted by Crippen LogP contribution is -2.33. The topological polar surface area (TPSA) is 46.6 Å². The lowest BCUT2D eigenvalue weighted by atomic mass is 10.2. The molecule has 0 atom stereocenters. The molecule has 0 N–H and O–H groups in total. The molecule has 0 aliphatic heterocycles. The highest BCUT2D eigenvalue weighted by Crippen LogP contribution is 2.19. The molecule has 114 valence electrons. The van der Waals surface area contributed by atoms with Gasteiger partial charge in [-0.05, 0) is 41.4 Å². The zero-order valence-corrected chi connectivity index (χ0v) is 13.8. The summed E-state index contributed by atoms with van der Waals surface area (Å²) in [7, 11) is -1.94. The maximum atomic E-state index is 12.7. The fourth-order valence-electron chi connectivity index (χ4n) is 1.92. The van der Waals surface area contributed by atoms with Gasteiger partial charge in [0.15, 0.2) is 0 Å². The van der Waals surface area contributed by atoms with Crippen molar-refractivity contribution >= 4 is 21.4 Å². The van der Waals surface area contributed by atoms with Crippen LogP contribution in [0.15, 0.2) is 46.0 Å². The van der Waals surface area contributed by atoms with Crippen LogP contribution in [-0.4, -0.2) is 33.0 Å². The lowest BCUT2D eigenvalue weighted by Gasteiger charge is -2.21. The number of hydrogen-bond acceptors (Lipinski definition) is 4. The minimum atomic E-state index is -3.51. The Morgan fingerprint density at radius 2 is 1.90 bits per heavy atom. The Labute approximate surface area is 130 Å². The van der Waals surface area contributed by atoms with Crippen molar-refractivity contribution in [2.24, 2.45) is 0 Å². The molecule has 0 radical (unpaired) electrons. The average Bonchev–Trinajstić information content (AvgIpc) is 2.96. The van der Waals surface area contributed by atoms with Gasteiger partial charge in [0.1, 0.15) is 0 Å². The van der Waals surface area contributed by atoms with Crippen molar-refractivity contribution in [1.29, 1.82) is 0 Å². The van der Waals surface area contributed by atoms with Gasteiger partial charge in [-0.3, -0.25) is 0 Å². The summed E-state index contributed by atoms with van der Waals surface area (Å²) in [5.41, 5.74) is 2.03. The monoisotopic (exact) mass is 325 g/mol. The van der Waals surface area contributed by atoms with Gasteiger partial charge < -0.3 is 4.74 Å². The number of aryl methyl sites for hydroxylation is 1. The Bertz CT molecular complexity index is 649. The maximum Gasteiger partial charge on any atom is 0.243 e. The smallest absolute Gasteiger partial charge is 0.243 e. The summed E-state index contributed by atoms with van der Waals surface area (Å²) >= 11 is 1.56. The Balaban J connectivity index is 2.27.